The minimum atomic E-state index is -5.08. The number of carbonyl (C=O) groups excluding carboxylic acids is 1. The SMILES string of the molecule is CC(C)c1nc2c(C(=O)NCC3CCNCC3)cccc2[nH]1.O=C(O)C(F)(F)F. The molecule has 4 N–H and O–H groups in total. The van der Waals surface area contributed by atoms with E-state index in [9.17, 15) is 18.0 Å². The molecule has 10 heteroatoms. The summed E-state index contributed by atoms with van der Waals surface area (Å²) in [6.07, 6.45) is -2.82. The third-order valence-corrected chi connectivity index (χ3v) is 4.58. The highest BCUT2D eigenvalue weighted by Gasteiger charge is 2.38. The number of nitrogens with zero attached hydrogens (tertiary/aromatic N) is 1. The van der Waals surface area contributed by atoms with Gasteiger partial charge in [-0.2, -0.15) is 13.2 Å². The summed E-state index contributed by atoms with van der Waals surface area (Å²) in [7, 11) is 0. The molecule has 2 heterocycles. The number of fused-ring (bicyclic) bond motifs is 1. The molecule has 7 nitrogen and oxygen atoms in total. The summed E-state index contributed by atoms with van der Waals surface area (Å²) >= 11 is 0. The van der Waals surface area contributed by atoms with Crippen molar-refractivity contribution in [1.82, 2.24) is 20.6 Å². The number of aromatic amines is 1. The summed E-state index contributed by atoms with van der Waals surface area (Å²) < 4.78 is 31.7. The van der Waals surface area contributed by atoms with Crippen molar-refractivity contribution in [3.8, 4) is 0 Å². The third-order valence-electron chi connectivity index (χ3n) is 4.58. The number of aromatic nitrogens is 2. The van der Waals surface area contributed by atoms with Crippen molar-refractivity contribution in [2.75, 3.05) is 19.6 Å². The number of para-hydroxylation sites is 1. The highest BCUT2D eigenvalue weighted by molar-refractivity contribution is 6.04. The van der Waals surface area contributed by atoms with Crippen LogP contribution in [0.25, 0.3) is 11.0 Å². The van der Waals surface area contributed by atoms with Crippen molar-refractivity contribution >= 4 is 22.9 Å². The maximum absolute atomic E-state index is 12.5. The number of carbonyl (C=O) groups is 2. The molecule has 160 valence electrons. The molecule has 3 rings (SSSR count). The maximum Gasteiger partial charge on any atom is 0.490 e. The van der Waals surface area contributed by atoms with E-state index in [0.29, 0.717) is 17.4 Å². The van der Waals surface area contributed by atoms with E-state index in [1.54, 1.807) is 0 Å². The second-order valence-corrected chi connectivity index (χ2v) is 7.18. The largest absolute Gasteiger partial charge is 0.490 e. The summed E-state index contributed by atoms with van der Waals surface area (Å²) in [5, 5.41) is 13.5. The molecule has 0 bridgehead atoms. The minimum absolute atomic E-state index is 0.0223. The number of halogens is 3. The van der Waals surface area contributed by atoms with Crippen LogP contribution in [0.3, 0.4) is 0 Å². The predicted octanol–water partition coefficient (Wildman–Crippen LogP) is 3.05. The van der Waals surface area contributed by atoms with E-state index in [1.165, 1.54) is 0 Å². The maximum atomic E-state index is 12.5. The van der Waals surface area contributed by atoms with Crippen LogP contribution < -0.4 is 10.6 Å². The standard InChI is InChI=1S/C17H24N4O.C2HF3O2/c1-11(2)16-20-14-5-3-4-13(15(14)21-16)17(22)19-10-12-6-8-18-9-7-12;3-2(4,5)1(6)7/h3-5,11-12,18H,6-10H2,1-2H3,(H,19,22)(H,20,21);(H,6,7). The van der Waals surface area contributed by atoms with Gasteiger partial charge in [-0.05, 0) is 44.0 Å². The van der Waals surface area contributed by atoms with Crippen molar-refractivity contribution in [1.29, 1.82) is 0 Å². The number of alkyl halides is 3. The predicted molar refractivity (Wildman–Crippen MR) is 102 cm³/mol. The molecule has 1 amide bonds. The van der Waals surface area contributed by atoms with Gasteiger partial charge in [-0.1, -0.05) is 19.9 Å². The lowest BCUT2D eigenvalue weighted by molar-refractivity contribution is -0.192. The Morgan fingerprint density at radius 1 is 1.28 bits per heavy atom. The second-order valence-electron chi connectivity index (χ2n) is 7.18. The zero-order chi connectivity index (χ0) is 21.6. The smallest absolute Gasteiger partial charge is 0.475 e. The first-order valence-corrected chi connectivity index (χ1v) is 9.37. The normalized spacial score (nSPS) is 15.1. The van der Waals surface area contributed by atoms with Gasteiger partial charge in [-0.25, -0.2) is 9.78 Å². The van der Waals surface area contributed by atoms with Gasteiger partial charge in [0.05, 0.1) is 11.1 Å². The molecule has 1 aromatic heterocycles. The summed E-state index contributed by atoms with van der Waals surface area (Å²) in [5.74, 6) is -0.958. The summed E-state index contributed by atoms with van der Waals surface area (Å²) in [5.41, 5.74) is 2.36. The summed E-state index contributed by atoms with van der Waals surface area (Å²) in [6.45, 7) is 7.03. The lowest BCUT2D eigenvalue weighted by Crippen LogP contribution is -2.36. The van der Waals surface area contributed by atoms with Crippen LogP contribution in [0.1, 0.15) is 48.8 Å². The van der Waals surface area contributed by atoms with Gasteiger partial charge in [0.1, 0.15) is 11.3 Å². The molecular weight excluding hydrogens is 389 g/mol. The van der Waals surface area contributed by atoms with Crippen molar-refractivity contribution in [2.45, 2.75) is 38.8 Å². The molecule has 2 aromatic rings. The van der Waals surface area contributed by atoms with Crippen LogP contribution in [-0.4, -0.2) is 52.8 Å². The van der Waals surface area contributed by atoms with Crippen LogP contribution in [0.4, 0.5) is 13.2 Å². The molecule has 1 aliphatic rings. The average molecular weight is 414 g/mol. The molecule has 1 aliphatic heterocycles. The first-order chi connectivity index (χ1) is 13.6. The Balaban J connectivity index is 0.000000370. The van der Waals surface area contributed by atoms with Crippen LogP contribution in [0.5, 0.6) is 0 Å². The van der Waals surface area contributed by atoms with E-state index in [4.69, 9.17) is 9.90 Å². The quantitative estimate of drug-likeness (QED) is 0.615. The number of H-pyrrole nitrogens is 1. The lowest BCUT2D eigenvalue weighted by Gasteiger charge is -2.22. The van der Waals surface area contributed by atoms with E-state index >= 15 is 0 Å². The molecule has 0 spiro atoms. The Labute approximate surface area is 166 Å². The second kappa shape index (κ2) is 9.73. The summed E-state index contributed by atoms with van der Waals surface area (Å²) in [6, 6.07) is 5.73. The number of amides is 1. The average Bonchev–Trinajstić information content (AvgIpc) is 3.11. The van der Waals surface area contributed by atoms with Crippen LogP contribution >= 0.6 is 0 Å². The molecular formula is C19H25F3N4O3. The molecule has 0 aliphatic carbocycles. The number of benzene rings is 1. The number of rotatable bonds is 4. The molecule has 0 atom stereocenters. The zero-order valence-electron chi connectivity index (χ0n) is 16.3. The van der Waals surface area contributed by atoms with Gasteiger partial charge in [0.25, 0.3) is 5.91 Å². The number of nitrogens with one attached hydrogen (secondary N) is 3. The lowest BCUT2D eigenvalue weighted by atomic mass is 9.98. The van der Waals surface area contributed by atoms with Crippen LogP contribution in [0.15, 0.2) is 18.2 Å². The number of hydrogen-bond donors (Lipinski definition) is 4. The van der Waals surface area contributed by atoms with Crippen molar-refractivity contribution in [2.24, 2.45) is 5.92 Å². The number of imidazole rings is 1. The van der Waals surface area contributed by atoms with Crippen molar-refractivity contribution in [3.05, 3.63) is 29.6 Å². The third kappa shape index (κ3) is 6.45. The van der Waals surface area contributed by atoms with Gasteiger partial charge >= 0.3 is 12.1 Å². The van der Waals surface area contributed by atoms with Crippen LogP contribution in [-0.2, 0) is 4.79 Å². The molecule has 29 heavy (non-hydrogen) atoms. The molecule has 0 unspecified atom stereocenters. The van der Waals surface area contributed by atoms with Crippen molar-refractivity contribution in [3.63, 3.8) is 0 Å². The molecule has 0 saturated carbocycles. The fraction of sp³-hybridized carbons (Fsp3) is 0.526. The molecule has 1 saturated heterocycles. The number of carboxylic acid groups (broad SMARTS) is 1. The Kier molecular flexibility index (Phi) is 7.60. The van der Waals surface area contributed by atoms with Gasteiger partial charge in [0.15, 0.2) is 0 Å². The van der Waals surface area contributed by atoms with Gasteiger partial charge in [-0.3, -0.25) is 4.79 Å². The highest BCUT2D eigenvalue weighted by atomic mass is 19.4. The van der Waals surface area contributed by atoms with Gasteiger partial charge in [0, 0.05) is 12.5 Å². The van der Waals surface area contributed by atoms with Gasteiger partial charge in [0.2, 0.25) is 0 Å². The molecule has 1 fully saturated rings. The van der Waals surface area contributed by atoms with E-state index < -0.39 is 12.1 Å². The molecule has 0 radical (unpaired) electrons. The first-order valence-electron chi connectivity index (χ1n) is 9.37. The van der Waals surface area contributed by atoms with E-state index in [2.05, 4.69) is 34.4 Å². The highest BCUT2D eigenvalue weighted by Crippen LogP contribution is 2.20. The Bertz CT molecular complexity index is 843. The number of hydrogen-bond acceptors (Lipinski definition) is 4. The fourth-order valence-electron chi connectivity index (χ4n) is 2.93. The number of piperidine rings is 1. The van der Waals surface area contributed by atoms with Crippen LogP contribution in [0.2, 0.25) is 0 Å². The van der Waals surface area contributed by atoms with Crippen LogP contribution in [0, 0.1) is 5.92 Å². The number of aliphatic carboxylic acids is 1. The van der Waals surface area contributed by atoms with E-state index in [0.717, 1.165) is 49.3 Å². The number of carboxylic acids is 1. The van der Waals surface area contributed by atoms with E-state index in [1.807, 2.05) is 18.2 Å². The Hall–Kier alpha value is -2.62. The van der Waals surface area contributed by atoms with Gasteiger partial charge in [-0.15, -0.1) is 0 Å². The molecule has 1 aromatic carbocycles. The Morgan fingerprint density at radius 2 is 1.90 bits per heavy atom. The zero-order valence-corrected chi connectivity index (χ0v) is 16.3. The Morgan fingerprint density at radius 3 is 2.45 bits per heavy atom. The monoisotopic (exact) mass is 414 g/mol. The van der Waals surface area contributed by atoms with Gasteiger partial charge < -0.3 is 20.7 Å². The van der Waals surface area contributed by atoms with E-state index in [-0.39, 0.29) is 5.91 Å². The van der Waals surface area contributed by atoms with Crippen molar-refractivity contribution < 1.29 is 27.9 Å². The summed E-state index contributed by atoms with van der Waals surface area (Å²) in [4.78, 5) is 29.3. The minimum Gasteiger partial charge on any atom is -0.475 e. The topological polar surface area (TPSA) is 107 Å². The first kappa shape index (κ1) is 22.7. The fourth-order valence-corrected chi connectivity index (χ4v) is 2.93.